The minimum atomic E-state index is -4.60. The molecule has 1 aromatic heterocycles. The SMILES string of the molecule is CCOC(=O)C[C@@H](C)c1ccc(N(CC(C)C)CC(C)C)c(Nc2nc(C(F)(F)F)cn2COCCS(C)(C)C)c1. The lowest BCUT2D eigenvalue weighted by Gasteiger charge is -2.31. The van der Waals surface area contributed by atoms with Crippen molar-refractivity contribution in [3.05, 3.63) is 35.7 Å². The molecule has 0 aliphatic carbocycles. The Kier molecular flexibility index (Phi) is 12.9. The van der Waals surface area contributed by atoms with Crippen molar-refractivity contribution >= 4 is 33.3 Å². The minimum Gasteiger partial charge on any atom is -0.466 e. The van der Waals surface area contributed by atoms with E-state index in [1.165, 1.54) is 4.57 Å². The van der Waals surface area contributed by atoms with Gasteiger partial charge in [-0.2, -0.15) is 13.2 Å². The second kappa shape index (κ2) is 15.2. The zero-order chi connectivity index (χ0) is 31.0. The maximum absolute atomic E-state index is 13.7. The summed E-state index contributed by atoms with van der Waals surface area (Å²) in [7, 11) is -0.800. The van der Waals surface area contributed by atoms with Crippen LogP contribution in [0.25, 0.3) is 0 Å². The number of nitrogens with zero attached hydrogens (tertiary/aromatic N) is 3. The molecule has 11 heteroatoms. The molecule has 41 heavy (non-hydrogen) atoms. The summed E-state index contributed by atoms with van der Waals surface area (Å²) in [6.07, 6.45) is 3.08. The lowest BCUT2D eigenvalue weighted by molar-refractivity contribution is -0.143. The third-order valence-electron chi connectivity index (χ3n) is 6.26. The Balaban J connectivity index is 2.53. The van der Waals surface area contributed by atoms with Crippen molar-refractivity contribution in [1.82, 2.24) is 9.55 Å². The summed E-state index contributed by atoms with van der Waals surface area (Å²) in [5.74, 6) is 1.18. The molecular formula is C30H49F3N4O3S. The molecule has 0 spiro atoms. The Bertz CT molecular complexity index is 1100. The van der Waals surface area contributed by atoms with Gasteiger partial charge in [-0.25, -0.2) is 15.0 Å². The van der Waals surface area contributed by atoms with Gasteiger partial charge >= 0.3 is 12.1 Å². The predicted molar refractivity (Wildman–Crippen MR) is 165 cm³/mol. The molecule has 2 rings (SSSR count). The minimum absolute atomic E-state index is 0.0471. The van der Waals surface area contributed by atoms with Crippen molar-refractivity contribution in [1.29, 1.82) is 0 Å². The van der Waals surface area contributed by atoms with Crippen LogP contribution in [-0.4, -0.2) is 66.3 Å². The van der Waals surface area contributed by atoms with Crippen LogP contribution >= 0.6 is 10.0 Å². The van der Waals surface area contributed by atoms with Crippen LogP contribution in [0, 0.1) is 11.8 Å². The number of imidazole rings is 1. The topological polar surface area (TPSA) is 68.6 Å². The second-order valence-corrected chi connectivity index (χ2v) is 16.8. The van der Waals surface area contributed by atoms with Gasteiger partial charge in [0.2, 0.25) is 5.95 Å². The number of aromatic nitrogens is 2. The Morgan fingerprint density at radius 1 is 1.10 bits per heavy atom. The summed E-state index contributed by atoms with van der Waals surface area (Å²) in [5, 5.41) is 3.21. The highest BCUT2D eigenvalue weighted by molar-refractivity contribution is 8.32. The number of alkyl halides is 3. The number of ether oxygens (including phenoxy) is 2. The largest absolute Gasteiger partial charge is 0.466 e. The summed E-state index contributed by atoms with van der Waals surface area (Å²) in [6.45, 7) is 14.5. The van der Waals surface area contributed by atoms with Crippen LogP contribution < -0.4 is 10.2 Å². The molecule has 1 atom stereocenters. The van der Waals surface area contributed by atoms with Crippen molar-refractivity contribution < 1.29 is 27.4 Å². The first-order valence-corrected chi connectivity index (χ1v) is 17.2. The number of esters is 1. The number of hydrogen-bond donors (Lipinski definition) is 1. The third-order valence-corrected chi connectivity index (χ3v) is 7.65. The summed E-state index contributed by atoms with van der Waals surface area (Å²) in [4.78, 5) is 18.4. The van der Waals surface area contributed by atoms with Crippen LogP contribution in [0.4, 0.5) is 30.5 Å². The van der Waals surface area contributed by atoms with E-state index in [0.29, 0.717) is 30.7 Å². The van der Waals surface area contributed by atoms with Gasteiger partial charge in [-0.15, -0.1) is 0 Å². The van der Waals surface area contributed by atoms with E-state index in [1.807, 2.05) is 25.1 Å². The number of rotatable bonds is 16. The molecule has 0 bridgehead atoms. The van der Waals surface area contributed by atoms with Gasteiger partial charge in [0, 0.05) is 25.0 Å². The van der Waals surface area contributed by atoms with Crippen LogP contribution in [-0.2, 0) is 27.2 Å². The standard InChI is InChI=1S/C30H49F3N4O3S/c1-10-40-28(38)15-23(6)24-11-12-26(36(17-21(2)3)18-22(4)5)25(16-24)34-29-35-27(30(31,32)33)19-37(29)20-39-13-14-41(7,8)9/h11-12,16,19,21-23H,10,13-15,17-18,20H2,1-9H3,(H,34,35)/t23-/m1/s1. The van der Waals surface area contributed by atoms with Crippen LogP contribution in [0.1, 0.15) is 65.1 Å². The maximum atomic E-state index is 13.7. The van der Waals surface area contributed by atoms with E-state index >= 15 is 0 Å². The zero-order valence-electron chi connectivity index (χ0n) is 26.1. The molecule has 1 aromatic carbocycles. The maximum Gasteiger partial charge on any atom is 0.434 e. The molecule has 0 aliphatic heterocycles. The molecule has 0 fully saturated rings. The lowest BCUT2D eigenvalue weighted by atomic mass is 9.96. The summed E-state index contributed by atoms with van der Waals surface area (Å²) >= 11 is 0. The first-order chi connectivity index (χ1) is 19.0. The fourth-order valence-corrected chi connectivity index (χ4v) is 4.94. The molecule has 0 saturated heterocycles. The molecule has 0 amide bonds. The Labute approximate surface area is 245 Å². The molecular weight excluding hydrogens is 553 g/mol. The molecule has 0 aliphatic rings. The van der Waals surface area contributed by atoms with E-state index in [2.05, 4.69) is 61.7 Å². The number of benzene rings is 1. The first-order valence-electron chi connectivity index (χ1n) is 14.2. The lowest BCUT2D eigenvalue weighted by Crippen LogP contribution is -2.32. The monoisotopic (exact) mass is 602 g/mol. The van der Waals surface area contributed by atoms with Crippen molar-refractivity contribution in [3.8, 4) is 0 Å². The summed E-state index contributed by atoms with van der Waals surface area (Å²) in [5.41, 5.74) is 1.37. The van der Waals surface area contributed by atoms with E-state index < -0.39 is 21.9 Å². The molecule has 7 nitrogen and oxygen atoms in total. The summed E-state index contributed by atoms with van der Waals surface area (Å²) < 4.78 is 53.4. The first kappa shape index (κ1) is 34.8. The number of carbonyl (C=O) groups is 1. The number of nitrogens with one attached hydrogen (secondary N) is 1. The van der Waals surface area contributed by atoms with Gasteiger partial charge in [-0.3, -0.25) is 9.36 Å². The number of carbonyl (C=O) groups excluding carboxylic acids is 1. The molecule has 2 aromatic rings. The number of hydrogen-bond acceptors (Lipinski definition) is 6. The highest BCUT2D eigenvalue weighted by atomic mass is 32.3. The van der Waals surface area contributed by atoms with Crippen molar-refractivity contribution in [2.45, 2.75) is 66.8 Å². The predicted octanol–water partition coefficient (Wildman–Crippen LogP) is 7.49. The van der Waals surface area contributed by atoms with Gasteiger partial charge in [0.15, 0.2) is 5.69 Å². The average Bonchev–Trinajstić information content (AvgIpc) is 3.23. The van der Waals surface area contributed by atoms with E-state index in [9.17, 15) is 18.0 Å². The van der Waals surface area contributed by atoms with Gasteiger partial charge in [0.05, 0.1) is 31.0 Å². The zero-order valence-corrected chi connectivity index (χ0v) is 26.9. The van der Waals surface area contributed by atoms with Crippen LogP contribution in [0.5, 0.6) is 0 Å². The quantitative estimate of drug-likeness (QED) is 0.159. The van der Waals surface area contributed by atoms with E-state index in [4.69, 9.17) is 9.47 Å². The Morgan fingerprint density at radius 3 is 2.27 bits per heavy atom. The van der Waals surface area contributed by atoms with Crippen molar-refractivity contribution in [2.75, 3.05) is 61.0 Å². The molecule has 0 saturated carbocycles. The highest BCUT2D eigenvalue weighted by Crippen LogP contribution is 2.36. The van der Waals surface area contributed by atoms with Crippen molar-refractivity contribution in [3.63, 3.8) is 0 Å². The summed E-state index contributed by atoms with van der Waals surface area (Å²) in [6, 6.07) is 5.86. The van der Waals surface area contributed by atoms with Crippen LogP contribution in [0.3, 0.4) is 0 Å². The fraction of sp³-hybridized carbons (Fsp3) is 0.667. The van der Waals surface area contributed by atoms with Gasteiger partial charge in [-0.05, 0) is 61.1 Å². The third kappa shape index (κ3) is 11.8. The Morgan fingerprint density at radius 2 is 1.73 bits per heavy atom. The van der Waals surface area contributed by atoms with E-state index in [-0.39, 0.29) is 31.0 Å². The van der Waals surface area contributed by atoms with Gasteiger partial charge in [-0.1, -0.05) is 40.7 Å². The number of halogens is 3. The normalized spacial score (nSPS) is 13.5. The van der Waals surface area contributed by atoms with Gasteiger partial charge in [0.1, 0.15) is 6.73 Å². The fourth-order valence-electron chi connectivity index (χ4n) is 4.32. The highest BCUT2D eigenvalue weighted by Gasteiger charge is 2.35. The molecule has 0 radical (unpaired) electrons. The Hall–Kier alpha value is -2.40. The van der Waals surface area contributed by atoms with Crippen molar-refractivity contribution in [2.24, 2.45) is 11.8 Å². The molecule has 1 heterocycles. The van der Waals surface area contributed by atoms with E-state index in [0.717, 1.165) is 36.3 Å². The molecule has 1 N–H and O–H groups in total. The smallest absolute Gasteiger partial charge is 0.434 e. The number of anilines is 3. The second-order valence-electron chi connectivity index (χ2n) is 12.3. The molecule has 0 unspecified atom stereocenters. The van der Waals surface area contributed by atoms with Gasteiger partial charge in [0.25, 0.3) is 0 Å². The van der Waals surface area contributed by atoms with E-state index in [1.54, 1.807) is 6.92 Å². The average molecular weight is 603 g/mol. The van der Waals surface area contributed by atoms with Crippen LogP contribution in [0.15, 0.2) is 24.4 Å². The van der Waals surface area contributed by atoms with Gasteiger partial charge < -0.3 is 19.7 Å². The molecule has 234 valence electrons. The van der Waals surface area contributed by atoms with Crippen LogP contribution in [0.2, 0.25) is 0 Å².